The summed E-state index contributed by atoms with van der Waals surface area (Å²) in [6.07, 6.45) is 3.04. The maximum Gasteiger partial charge on any atom is 0.270 e. The fourth-order valence-corrected chi connectivity index (χ4v) is 3.54. The number of nitrogens with zero attached hydrogens (tertiary/aromatic N) is 2. The highest BCUT2D eigenvalue weighted by atomic mass is 35.5. The van der Waals surface area contributed by atoms with Crippen LogP contribution in [-0.2, 0) is 4.79 Å². The molecule has 2 aromatic rings. The highest BCUT2D eigenvalue weighted by molar-refractivity contribution is 8.00. The Morgan fingerprint density at radius 3 is 2.65 bits per heavy atom. The van der Waals surface area contributed by atoms with Gasteiger partial charge in [0.1, 0.15) is 5.37 Å². The van der Waals surface area contributed by atoms with Crippen molar-refractivity contribution in [3.05, 3.63) is 63.9 Å². The lowest BCUT2D eigenvalue weighted by molar-refractivity contribution is -0.130. The molecule has 1 aromatic heterocycles. The van der Waals surface area contributed by atoms with Gasteiger partial charge in [0.15, 0.2) is 0 Å². The average Bonchev–Trinajstić information content (AvgIpc) is 2.92. The van der Waals surface area contributed by atoms with E-state index < -0.39 is 0 Å². The van der Waals surface area contributed by atoms with Crippen LogP contribution < -0.4 is 5.43 Å². The van der Waals surface area contributed by atoms with Gasteiger partial charge in [-0.25, -0.2) is 5.01 Å². The molecule has 1 N–H and O–H groups in total. The van der Waals surface area contributed by atoms with Gasteiger partial charge in [0.25, 0.3) is 11.8 Å². The smallest absolute Gasteiger partial charge is 0.270 e. The molecule has 0 saturated carbocycles. The number of thioether (sulfide) groups is 1. The predicted molar refractivity (Wildman–Crippen MR) is 90.2 cm³/mol. The van der Waals surface area contributed by atoms with Crippen LogP contribution in [0.15, 0.2) is 42.7 Å². The molecule has 2 heterocycles. The molecule has 0 bridgehead atoms. The lowest BCUT2D eigenvalue weighted by atomic mass is 10.2. The van der Waals surface area contributed by atoms with Crippen molar-refractivity contribution in [1.29, 1.82) is 0 Å². The van der Waals surface area contributed by atoms with E-state index in [1.165, 1.54) is 29.2 Å². The molecule has 1 atom stereocenters. The van der Waals surface area contributed by atoms with Crippen molar-refractivity contribution in [2.45, 2.75) is 5.37 Å². The largest absolute Gasteiger partial charge is 0.272 e. The van der Waals surface area contributed by atoms with E-state index in [1.807, 2.05) is 0 Å². The molecule has 118 valence electrons. The van der Waals surface area contributed by atoms with Crippen LogP contribution in [0.4, 0.5) is 0 Å². The number of benzene rings is 1. The van der Waals surface area contributed by atoms with Crippen molar-refractivity contribution in [2.24, 2.45) is 0 Å². The molecule has 3 rings (SSSR count). The number of hydrazine groups is 1. The van der Waals surface area contributed by atoms with E-state index >= 15 is 0 Å². The van der Waals surface area contributed by atoms with Gasteiger partial charge >= 0.3 is 0 Å². The highest BCUT2D eigenvalue weighted by Gasteiger charge is 2.34. The van der Waals surface area contributed by atoms with Gasteiger partial charge in [-0.1, -0.05) is 29.3 Å². The second-order valence-corrected chi connectivity index (χ2v) is 6.66. The van der Waals surface area contributed by atoms with E-state index in [9.17, 15) is 9.59 Å². The quantitative estimate of drug-likeness (QED) is 0.903. The third-order valence-corrected chi connectivity index (χ3v) is 5.21. The zero-order valence-corrected chi connectivity index (χ0v) is 14.0. The zero-order valence-electron chi connectivity index (χ0n) is 11.7. The van der Waals surface area contributed by atoms with Gasteiger partial charge in [-0.15, -0.1) is 11.8 Å². The average molecular weight is 368 g/mol. The Bertz CT molecular complexity index is 758. The van der Waals surface area contributed by atoms with E-state index in [4.69, 9.17) is 23.2 Å². The fraction of sp³-hybridized carbons (Fsp3) is 0.133. The van der Waals surface area contributed by atoms with E-state index in [1.54, 1.807) is 30.3 Å². The number of hydrogen-bond acceptors (Lipinski definition) is 4. The summed E-state index contributed by atoms with van der Waals surface area (Å²) in [5.74, 6) is -0.261. The fourth-order valence-electron chi connectivity index (χ4n) is 2.13. The van der Waals surface area contributed by atoms with Gasteiger partial charge in [0, 0.05) is 18.0 Å². The highest BCUT2D eigenvalue weighted by Crippen LogP contribution is 2.39. The Hall–Kier alpha value is -1.76. The van der Waals surface area contributed by atoms with Gasteiger partial charge in [-0.3, -0.25) is 20.0 Å². The Labute approximate surface area is 146 Å². The molecule has 23 heavy (non-hydrogen) atoms. The number of pyridine rings is 1. The molecule has 1 fully saturated rings. The van der Waals surface area contributed by atoms with Crippen LogP contribution in [-0.4, -0.2) is 27.6 Å². The summed E-state index contributed by atoms with van der Waals surface area (Å²) in [4.78, 5) is 28.2. The van der Waals surface area contributed by atoms with Gasteiger partial charge in [0.05, 0.1) is 15.8 Å². The first-order chi connectivity index (χ1) is 11.1. The zero-order chi connectivity index (χ0) is 16.4. The first-order valence-corrected chi connectivity index (χ1v) is 8.46. The van der Waals surface area contributed by atoms with Crippen LogP contribution in [0.25, 0.3) is 0 Å². The standard InChI is InChI=1S/C15H11Cl2N3O2S/c16-11-2-1-10(7-12(11)17)15-20(13(21)8-23-15)19-14(22)9-3-5-18-6-4-9/h1-7,15H,8H2,(H,19,22)/t15-/m0/s1. The summed E-state index contributed by atoms with van der Waals surface area (Å²) in [6.45, 7) is 0. The Morgan fingerprint density at radius 2 is 1.96 bits per heavy atom. The number of nitrogens with one attached hydrogen (secondary N) is 1. The molecule has 0 aliphatic carbocycles. The van der Waals surface area contributed by atoms with Crippen molar-refractivity contribution < 1.29 is 9.59 Å². The maximum atomic E-state index is 12.3. The Balaban J connectivity index is 1.82. The number of carbonyl (C=O) groups is 2. The van der Waals surface area contributed by atoms with Crippen LogP contribution in [0.2, 0.25) is 10.0 Å². The topological polar surface area (TPSA) is 62.3 Å². The van der Waals surface area contributed by atoms with Crippen molar-refractivity contribution in [3.8, 4) is 0 Å². The molecular weight excluding hydrogens is 357 g/mol. The Kier molecular flexibility index (Phi) is 4.75. The summed E-state index contributed by atoms with van der Waals surface area (Å²) < 4.78 is 0. The molecular formula is C15H11Cl2N3O2S. The van der Waals surface area contributed by atoms with E-state index in [2.05, 4.69) is 10.4 Å². The summed E-state index contributed by atoms with van der Waals surface area (Å²) in [5, 5.41) is 1.83. The number of halogens is 2. The van der Waals surface area contributed by atoms with E-state index in [-0.39, 0.29) is 22.9 Å². The lowest BCUT2D eigenvalue weighted by Crippen LogP contribution is -2.44. The van der Waals surface area contributed by atoms with Gasteiger partial charge in [-0.2, -0.15) is 0 Å². The second kappa shape index (κ2) is 6.78. The first-order valence-electron chi connectivity index (χ1n) is 6.66. The summed E-state index contributed by atoms with van der Waals surface area (Å²) in [7, 11) is 0. The molecule has 2 amide bonds. The number of hydrogen-bond donors (Lipinski definition) is 1. The molecule has 1 aliphatic heterocycles. The minimum Gasteiger partial charge on any atom is -0.272 e. The van der Waals surface area contributed by atoms with Crippen LogP contribution in [0.1, 0.15) is 21.3 Å². The van der Waals surface area contributed by atoms with Crippen LogP contribution >= 0.6 is 35.0 Å². The van der Waals surface area contributed by atoms with Crippen molar-refractivity contribution in [2.75, 3.05) is 5.75 Å². The Morgan fingerprint density at radius 1 is 1.22 bits per heavy atom. The summed E-state index contributed by atoms with van der Waals surface area (Å²) in [6, 6.07) is 8.32. The minimum absolute atomic E-state index is 0.173. The van der Waals surface area contributed by atoms with Gasteiger partial charge in [-0.05, 0) is 29.8 Å². The maximum absolute atomic E-state index is 12.3. The molecule has 5 nitrogen and oxygen atoms in total. The van der Waals surface area contributed by atoms with Crippen LogP contribution in [0.5, 0.6) is 0 Å². The van der Waals surface area contributed by atoms with Crippen LogP contribution in [0.3, 0.4) is 0 Å². The number of carbonyl (C=O) groups excluding carboxylic acids is 2. The molecule has 0 unspecified atom stereocenters. The SMILES string of the molecule is O=C(NN1C(=O)CS[C@H]1c1ccc(Cl)c(Cl)c1)c1ccncc1. The molecule has 0 radical (unpaired) electrons. The third kappa shape index (κ3) is 3.44. The van der Waals surface area contributed by atoms with Crippen molar-refractivity contribution in [3.63, 3.8) is 0 Å². The molecule has 1 saturated heterocycles. The first kappa shape index (κ1) is 16.1. The number of rotatable bonds is 3. The van der Waals surface area contributed by atoms with Gasteiger partial charge in [0.2, 0.25) is 0 Å². The van der Waals surface area contributed by atoms with Crippen molar-refractivity contribution >= 4 is 46.8 Å². The summed E-state index contributed by atoms with van der Waals surface area (Å²) in [5.41, 5.74) is 3.87. The molecule has 1 aliphatic rings. The van der Waals surface area contributed by atoms with E-state index in [0.29, 0.717) is 15.6 Å². The molecule has 1 aromatic carbocycles. The molecule has 0 spiro atoms. The number of aromatic nitrogens is 1. The predicted octanol–water partition coefficient (Wildman–Crippen LogP) is 3.31. The minimum atomic E-state index is -0.367. The lowest BCUT2D eigenvalue weighted by Gasteiger charge is -2.24. The normalized spacial score (nSPS) is 17.4. The van der Waals surface area contributed by atoms with Gasteiger partial charge < -0.3 is 0 Å². The van der Waals surface area contributed by atoms with Crippen LogP contribution in [0, 0.1) is 0 Å². The second-order valence-electron chi connectivity index (χ2n) is 4.78. The monoisotopic (exact) mass is 367 g/mol. The van der Waals surface area contributed by atoms with Crippen molar-refractivity contribution in [1.82, 2.24) is 15.4 Å². The summed E-state index contributed by atoms with van der Waals surface area (Å²) >= 11 is 13.4. The molecule has 8 heteroatoms. The van der Waals surface area contributed by atoms with E-state index in [0.717, 1.165) is 5.56 Å². The third-order valence-electron chi connectivity index (χ3n) is 3.26. The number of amides is 2.